The van der Waals surface area contributed by atoms with Crippen molar-refractivity contribution in [3.8, 4) is 5.88 Å². The molecule has 25 heavy (non-hydrogen) atoms. The summed E-state index contributed by atoms with van der Waals surface area (Å²) in [5.41, 5.74) is 2.05. The largest absolute Gasteiger partial charge is 0.479 e. The fraction of sp³-hybridized carbons (Fsp3) is 0.529. The van der Waals surface area contributed by atoms with Gasteiger partial charge >= 0.3 is 0 Å². The quantitative estimate of drug-likeness (QED) is 0.906. The van der Waals surface area contributed by atoms with E-state index in [1.807, 2.05) is 16.4 Å². The van der Waals surface area contributed by atoms with Gasteiger partial charge in [0, 0.05) is 61.3 Å². The Balaban J connectivity index is 1.64. The summed E-state index contributed by atoms with van der Waals surface area (Å²) in [5, 5.41) is 1.04. The zero-order valence-corrected chi connectivity index (χ0v) is 15.4. The molecule has 4 heterocycles. The van der Waals surface area contributed by atoms with Crippen LogP contribution in [-0.2, 0) is 9.92 Å². The lowest BCUT2D eigenvalue weighted by atomic mass is 9.86. The van der Waals surface area contributed by atoms with E-state index >= 15 is 0 Å². The van der Waals surface area contributed by atoms with Gasteiger partial charge in [0.2, 0.25) is 5.88 Å². The van der Waals surface area contributed by atoms with E-state index in [0.29, 0.717) is 5.88 Å². The summed E-state index contributed by atoms with van der Waals surface area (Å²) in [6.45, 7) is 3.38. The van der Waals surface area contributed by atoms with Gasteiger partial charge in [0.05, 0.1) is 7.11 Å². The Morgan fingerprint density at radius 3 is 2.68 bits per heavy atom. The van der Waals surface area contributed by atoms with Crippen LogP contribution in [0.4, 0.5) is 5.69 Å². The molecule has 0 bridgehead atoms. The van der Waals surface area contributed by atoms with E-state index < -0.39 is 9.92 Å². The molecule has 2 aromatic heterocycles. The zero-order chi connectivity index (χ0) is 17.7. The average molecular weight is 361 g/mol. The van der Waals surface area contributed by atoms with E-state index in [-0.39, 0.29) is 5.41 Å². The smallest absolute Gasteiger partial charge is 0.240 e. The molecule has 0 amide bonds. The Morgan fingerprint density at radius 2 is 1.96 bits per heavy atom. The molecule has 2 saturated heterocycles. The van der Waals surface area contributed by atoms with Crippen LogP contribution in [0.5, 0.6) is 5.88 Å². The molecule has 7 nitrogen and oxygen atoms in total. The number of pyridine rings is 2. The number of methoxy groups -OCH3 is 1. The van der Waals surface area contributed by atoms with Gasteiger partial charge in [-0.25, -0.2) is 18.3 Å². The number of anilines is 1. The SMILES string of the molecule is COc1nccc2c(N3CCC4(CCN(S(C)(=N)=O)C4)C3)ccnc12. The molecule has 0 aromatic carbocycles. The molecule has 8 heteroatoms. The molecular weight excluding hydrogens is 338 g/mol. The van der Waals surface area contributed by atoms with Crippen LogP contribution in [0.3, 0.4) is 0 Å². The van der Waals surface area contributed by atoms with E-state index in [9.17, 15) is 4.21 Å². The molecule has 2 atom stereocenters. The van der Waals surface area contributed by atoms with E-state index in [4.69, 9.17) is 9.52 Å². The predicted octanol–water partition coefficient (Wildman–Crippen LogP) is 2.13. The topological polar surface area (TPSA) is 82.4 Å². The third-order valence-electron chi connectivity index (χ3n) is 5.47. The molecule has 0 saturated carbocycles. The van der Waals surface area contributed by atoms with Crippen LogP contribution in [0.15, 0.2) is 24.5 Å². The number of rotatable bonds is 3. The molecule has 0 radical (unpaired) electrons. The van der Waals surface area contributed by atoms with E-state index in [0.717, 1.165) is 55.6 Å². The van der Waals surface area contributed by atoms with Crippen LogP contribution in [0.25, 0.3) is 10.9 Å². The predicted molar refractivity (Wildman–Crippen MR) is 98.3 cm³/mol. The number of fused-ring (bicyclic) bond motifs is 1. The third kappa shape index (κ3) is 2.83. The Bertz CT molecular complexity index is 916. The van der Waals surface area contributed by atoms with Crippen LogP contribution < -0.4 is 9.64 Å². The van der Waals surface area contributed by atoms with Crippen LogP contribution >= 0.6 is 0 Å². The highest BCUT2D eigenvalue weighted by Crippen LogP contribution is 2.43. The second kappa shape index (κ2) is 5.81. The van der Waals surface area contributed by atoms with E-state index in [2.05, 4.69) is 14.9 Å². The maximum atomic E-state index is 12.1. The Labute approximate surface area is 148 Å². The molecule has 2 aliphatic heterocycles. The molecule has 2 unspecified atom stereocenters. The van der Waals surface area contributed by atoms with Crippen molar-refractivity contribution in [2.75, 3.05) is 44.4 Å². The van der Waals surface area contributed by atoms with Gasteiger partial charge in [-0.15, -0.1) is 0 Å². The molecule has 2 aromatic rings. The fourth-order valence-electron chi connectivity index (χ4n) is 4.13. The minimum Gasteiger partial charge on any atom is -0.479 e. The monoisotopic (exact) mass is 361 g/mol. The first-order valence-corrected chi connectivity index (χ1v) is 10.4. The zero-order valence-electron chi connectivity index (χ0n) is 14.6. The first-order valence-electron chi connectivity index (χ1n) is 8.43. The molecule has 4 rings (SSSR count). The van der Waals surface area contributed by atoms with Gasteiger partial charge in [0.1, 0.15) is 15.4 Å². The normalized spacial score (nSPS) is 26.4. The summed E-state index contributed by atoms with van der Waals surface area (Å²) in [6.07, 6.45) is 7.14. The second-order valence-electron chi connectivity index (χ2n) is 7.13. The number of aromatic nitrogens is 2. The van der Waals surface area contributed by atoms with Crippen molar-refractivity contribution < 1.29 is 8.95 Å². The fourth-order valence-corrected chi connectivity index (χ4v) is 5.09. The minimum atomic E-state index is -2.61. The highest BCUT2D eigenvalue weighted by atomic mass is 32.2. The standard InChI is InChI=1S/C17H23N5O2S/c1-24-16-15-13(3-7-20-16)14(4-8-19-15)21-9-5-17(11-21)6-10-22(12-17)25(2,18)23/h3-4,7-8,18H,5-6,9-12H2,1-2H3. The summed E-state index contributed by atoms with van der Waals surface area (Å²) in [4.78, 5) is 11.1. The summed E-state index contributed by atoms with van der Waals surface area (Å²) >= 11 is 0. The van der Waals surface area contributed by atoms with Crippen molar-refractivity contribution in [3.05, 3.63) is 24.5 Å². The van der Waals surface area contributed by atoms with Crippen molar-refractivity contribution in [3.63, 3.8) is 0 Å². The lowest BCUT2D eigenvalue weighted by Gasteiger charge is -2.26. The summed E-state index contributed by atoms with van der Waals surface area (Å²) in [5.74, 6) is 0.542. The Morgan fingerprint density at radius 1 is 1.20 bits per heavy atom. The van der Waals surface area contributed by atoms with Crippen molar-refractivity contribution in [2.24, 2.45) is 5.41 Å². The highest BCUT2D eigenvalue weighted by molar-refractivity contribution is 7.89. The Hall–Kier alpha value is -1.93. The lowest BCUT2D eigenvalue weighted by molar-refractivity contribution is 0.346. The molecule has 134 valence electrons. The molecule has 1 spiro atoms. The molecule has 2 fully saturated rings. The number of hydrogen-bond acceptors (Lipinski definition) is 6. The summed E-state index contributed by atoms with van der Waals surface area (Å²) in [7, 11) is -1.00. The number of ether oxygens (including phenoxy) is 1. The second-order valence-corrected chi connectivity index (χ2v) is 9.26. The van der Waals surface area contributed by atoms with Crippen LogP contribution in [0, 0.1) is 10.2 Å². The van der Waals surface area contributed by atoms with Gasteiger partial charge in [-0.1, -0.05) is 0 Å². The first-order chi connectivity index (χ1) is 11.9. The average Bonchev–Trinajstić information content (AvgIpc) is 3.21. The molecular formula is C17H23N5O2S. The maximum Gasteiger partial charge on any atom is 0.240 e. The van der Waals surface area contributed by atoms with E-state index in [1.54, 1.807) is 19.5 Å². The van der Waals surface area contributed by atoms with Gasteiger partial charge < -0.3 is 9.64 Å². The van der Waals surface area contributed by atoms with Gasteiger partial charge in [-0.2, -0.15) is 0 Å². The van der Waals surface area contributed by atoms with Crippen molar-refractivity contribution >= 4 is 26.5 Å². The molecule has 2 aliphatic rings. The summed E-state index contributed by atoms with van der Waals surface area (Å²) < 4.78 is 27.1. The molecule has 1 N–H and O–H groups in total. The Kier molecular flexibility index (Phi) is 3.84. The maximum absolute atomic E-state index is 12.1. The minimum absolute atomic E-state index is 0.131. The summed E-state index contributed by atoms with van der Waals surface area (Å²) in [6, 6.07) is 4.02. The van der Waals surface area contributed by atoms with Gasteiger partial charge in [0.15, 0.2) is 0 Å². The number of hydrogen-bond donors (Lipinski definition) is 1. The van der Waals surface area contributed by atoms with Crippen molar-refractivity contribution in [2.45, 2.75) is 12.8 Å². The highest BCUT2D eigenvalue weighted by Gasteiger charge is 2.45. The lowest BCUT2D eigenvalue weighted by Crippen LogP contribution is -2.33. The number of nitrogens with zero attached hydrogens (tertiary/aromatic N) is 4. The van der Waals surface area contributed by atoms with Crippen molar-refractivity contribution in [1.82, 2.24) is 14.3 Å². The van der Waals surface area contributed by atoms with Crippen LogP contribution in [-0.4, -0.2) is 58.0 Å². The first kappa shape index (κ1) is 16.5. The third-order valence-corrected chi connectivity index (χ3v) is 6.77. The van der Waals surface area contributed by atoms with Crippen LogP contribution in [0.2, 0.25) is 0 Å². The van der Waals surface area contributed by atoms with Gasteiger partial charge in [0.25, 0.3) is 0 Å². The number of nitrogens with one attached hydrogen (secondary N) is 1. The molecule has 0 aliphatic carbocycles. The van der Waals surface area contributed by atoms with Crippen molar-refractivity contribution in [1.29, 1.82) is 4.78 Å². The van der Waals surface area contributed by atoms with Gasteiger partial charge in [-0.05, 0) is 25.0 Å². The van der Waals surface area contributed by atoms with Crippen LogP contribution in [0.1, 0.15) is 12.8 Å². The van der Waals surface area contributed by atoms with Gasteiger partial charge in [-0.3, -0.25) is 4.98 Å². The van der Waals surface area contributed by atoms with E-state index in [1.165, 1.54) is 6.26 Å².